The highest BCUT2D eigenvalue weighted by molar-refractivity contribution is 6.05. The van der Waals surface area contributed by atoms with Crippen LogP contribution in [0.2, 0.25) is 0 Å². The molecule has 2 rings (SSSR count). The number of carbonyl (C=O) groups is 1. The first-order chi connectivity index (χ1) is 9.72. The van der Waals surface area contributed by atoms with Crippen LogP contribution < -0.4 is 4.74 Å². The van der Waals surface area contributed by atoms with E-state index in [9.17, 15) is 4.79 Å². The number of rotatable bonds is 4. The maximum Gasteiger partial charge on any atom is 0.204 e. The van der Waals surface area contributed by atoms with Crippen molar-refractivity contribution in [2.45, 2.75) is 0 Å². The molecule has 4 nitrogen and oxygen atoms in total. The molecule has 0 spiro atoms. The van der Waals surface area contributed by atoms with Crippen LogP contribution in [0.1, 0.15) is 21.7 Å². The summed E-state index contributed by atoms with van der Waals surface area (Å²) in [6, 6.07) is 14.0. The van der Waals surface area contributed by atoms with Crippen molar-refractivity contribution < 1.29 is 9.53 Å². The lowest BCUT2D eigenvalue weighted by Crippen LogP contribution is -1.99. The summed E-state index contributed by atoms with van der Waals surface area (Å²) in [7, 11) is 1.60. The first kappa shape index (κ1) is 13.5. The molecule has 0 bridgehead atoms. The summed E-state index contributed by atoms with van der Waals surface area (Å²) in [6.45, 7) is 0. The second-order valence-electron chi connectivity index (χ2n) is 3.99. The van der Waals surface area contributed by atoms with E-state index in [-0.39, 0.29) is 17.2 Å². The third-order valence-electron chi connectivity index (χ3n) is 2.66. The number of ketones is 1. The van der Waals surface area contributed by atoms with E-state index in [4.69, 9.17) is 10.00 Å². The number of benzene rings is 1. The summed E-state index contributed by atoms with van der Waals surface area (Å²) in [5.41, 5.74) is 1.37. The molecule has 0 saturated carbocycles. The SMILES string of the molecule is COc1ccc(/C=C/C(=O)c2cccc(C#N)n2)cc1. The van der Waals surface area contributed by atoms with Gasteiger partial charge >= 0.3 is 0 Å². The van der Waals surface area contributed by atoms with E-state index in [1.807, 2.05) is 30.3 Å². The smallest absolute Gasteiger partial charge is 0.204 e. The molecule has 0 N–H and O–H groups in total. The molecule has 1 aromatic heterocycles. The Morgan fingerprint density at radius 1 is 1.25 bits per heavy atom. The third-order valence-corrected chi connectivity index (χ3v) is 2.66. The number of ether oxygens (including phenoxy) is 1. The second kappa shape index (κ2) is 6.30. The van der Waals surface area contributed by atoms with Gasteiger partial charge in [0.15, 0.2) is 0 Å². The van der Waals surface area contributed by atoms with Crippen molar-refractivity contribution >= 4 is 11.9 Å². The molecule has 0 aliphatic carbocycles. The van der Waals surface area contributed by atoms with Crippen LogP contribution in [0.25, 0.3) is 6.08 Å². The van der Waals surface area contributed by atoms with E-state index in [0.29, 0.717) is 0 Å². The van der Waals surface area contributed by atoms with Gasteiger partial charge in [0, 0.05) is 0 Å². The number of methoxy groups -OCH3 is 1. The predicted molar refractivity (Wildman–Crippen MR) is 75.3 cm³/mol. The lowest BCUT2D eigenvalue weighted by molar-refractivity contribution is 0.104. The first-order valence-corrected chi connectivity index (χ1v) is 5.96. The Kier molecular flexibility index (Phi) is 4.25. The molecule has 0 radical (unpaired) electrons. The highest BCUT2D eigenvalue weighted by atomic mass is 16.5. The molecule has 0 aliphatic heterocycles. The molecule has 0 fully saturated rings. The average molecular weight is 264 g/mol. The molecule has 0 amide bonds. The normalized spacial score (nSPS) is 10.2. The van der Waals surface area contributed by atoms with Gasteiger partial charge < -0.3 is 4.74 Å². The van der Waals surface area contributed by atoms with Crippen molar-refractivity contribution in [3.05, 3.63) is 65.5 Å². The Balaban J connectivity index is 2.13. The van der Waals surface area contributed by atoms with Crippen molar-refractivity contribution in [2.75, 3.05) is 7.11 Å². The number of hydrogen-bond acceptors (Lipinski definition) is 4. The zero-order valence-electron chi connectivity index (χ0n) is 10.9. The minimum Gasteiger partial charge on any atom is -0.497 e. The summed E-state index contributed by atoms with van der Waals surface area (Å²) in [6.07, 6.45) is 3.13. The quantitative estimate of drug-likeness (QED) is 0.629. The van der Waals surface area contributed by atoms with Gasteiger partial charge in [0.1, 0.15) is 23.2 Å². The largest absolute Gasteiger partial charge is 0.497 e. The monoisotopic (exact) mass is 264 g/mol. The molecule has 0 aliphatic rings. The van der Waals surface area contributed by atoms with Gasteiger partial charge in [-0.2, -0.15) is 5.26 Å². The molecule has 0 saturated heterocycles. The molecule has 1 aromatic carbocycles. The van der Waals surface area contributed by atoms with Crippen molar-refractivity contribution in [3.63, 3.8) is 0 Å². The van der Waals surface area contributed by atoms with Crippen LogP contribution in [-0.2, 0) is 0 Å². The Bertz CT molecular complexity index is 682. The Morgan fingerprint density at radius 2 is 2.00 bits per heavy atom. The van der Waals surface area contributed by atoms with Crippen LogP contribution in [-0.4, -0.2) is 17.9 Å². The minimum atomic E-state index is -0.238. The zero-order valence-corrected chi connectivity index (χ0v) is 10.9. The summed E-state index contributed by atoms with van der Waals surface area (Å²) < 4.78 is 5.06. The fourth-order valence-electron chi connectivity index (χ4n) is 1.61. The van der Waals surface area contributed by atoms with E-state index in [0.717, 1.165) is 11.3 Å². The van der Waals surface area contributed by atoms with Gasteiger partial charge in [-0.25, -0.2) is 4.98 Å². The fourth-order valence-corrected chi connectivity index (χ4v) is 1.61. The van der Waals surface area contributed by atoms with Crippen molar-refractivity contribution in [2.24, 2.45) is 0 Å². The highest BCUT2D eigenvalue weighted by Gasteiger charge is 2.04. The van der Waals surface area contributed by atoms with E-state index in [1.165, 1.54) is 6.08 Å². The van der Waals surface area contributed by atoms with Gasteiger partial charge in [-0.05, 0) is 35.9 Å². The number of aromatic nitrogens is 1. The van der Waals surface area contributed by atoms with Gasteiger partial charge in [-0.15, -0.1) is 0 Å². The van der Waals surface area contributed by atoms with Gasteiger partial charge in [0.25, 0.3) is 0 Å². The van der Waals surface area contributed by atoms with Crippen molar-refractivity contribution in [3.8, 4) is 11.8 Å². The lowest BCUT2D eigenvalue weighted by atomic mass is 10.1. The van der Waals surface area contributed by atoms with Gasteiger partial charge in [-0.3, -0.25) is 4.79 Å². The molecule has 0 unspecified atom stereocenters. The summed E-state index contributed by atoms with van der Waals surface area (Å²) in [4.78, 5) is 15.9. The molecule has 4 heteroatoms. The van der Waals surface area contributed by atoms with Crippen LogP contribution in [0, 0.1) is 11.3 Å². The second-order valence-corrected chi connectivity index (χ2v) is 3.99. The Labute approximate surface area is 117 Å². The van der Waals surface area contributed by atoms with Gasteiger partial charge in [0.2, 0.25) is 5.78 Å². The number of nitrogens with zero attached hydrogens (tertiary/aromatic N) is 2. The molecule has 20 heavy (non-hydrogen) atoms. The fraction of sp³-hybridized carbons (Fsp3) is 0.0625. The predicted octanol–water partition coefficient (Wildman–Crippen LogP) is 2.86. The molecule has 0 atom stereocenters. The van der Waals surface area contributed by atoms with E-state index in [1.54, 1.807) is 31.4 Å². The summed E-state index contributed by atoms with van der Waals surface area (Å²) in [5, 5.41) is 8.75. The maximum absolute atomic E-state index is 11.9. The maximum atomic E-state index is 11.9. The van der Waals surface area contributed by atoms with Crippen LogP contribution in [0.15, 0.2) is 48.5 Å². The molecular weight excluding hydrogens is 252 g/mol. The van der Waals surface area contributed by atoms with E-state index < -0.39 is 0 Å². The third kappa shape index (κ3) is 3.30. The average Bonchev–Trinajstić information content (AvgIpc) is 2.53. The van der Waals surface area contributed by atoms with Gasteiger partial charge in [0.05, 0.1) is 7.11 Å². The number of hydrogen-bond donors (Lipinski definition) is 0. The minimum absolute atomic E-state index is 0.230. The molecule has 98 valence electrons. The first-order valence-electron chi connectivity index (χ1n) is 5.96. The van der Waals surface area contributed by atoms with E-state index in [2.05, 4.69) is 4.98 Å². The topological polar surface area (TPSA) is 63.0 Å². The zero-order chi connectivity index (χ0) is 14.4. The number of carbonyl (C=O) groups excluding carboxylic acids is 1. The van der Waals surface area contributed by atoms with Crippen LogP contribution in [0.4, 0.5) is 0 Å². The van der Waals surface area contributed by atoms with Gasteiger partial charge in [-0.1, -0.05) is 24.3 Å². The summed E-state index contributed by atoms with van der Waals surface area (Å²) >= 11 is 0. The molecular formula is C16H12N2O2. The van der Waals surface area contributed by atoms with E-state index >= 15 is 0 Å². The standard InChI is InChI=1S/C16H12N2O2/c1-20-14-8-5-12(6-9-14)7-10-16(19)15-4-2-3-13(11-17)18-15/h2-10H,1H3/b10-7+. The number of nitriles is 1. The molecule has 1 heterocycles. The van der Waals surface area contributed by atoms with Crippen molar-refractivity contribution in [1.82, 2.24) is 4.98 Å². The lowest BCUT2D eigenvalue weighted by Gasteiger charge is -1.99. The number of allylic oxidation sites excluding steroid dienone is 1. The van der Waals surface area contributed by atoms with Crippen molar-refractivity contribution in [1.29, 1.82) is 5.26 Å². The van der Waals surface area contributed by atoms with Crippen LogP contribution in [0.3, 0.4) is 0 Å². The Morgan fingerprint density at radius 3 is 2.65 bits per heavy atom. The number of pyridine rings is 1. The highest BCUT2D eigenvalue weighted by Crippen LogP contribution is 2.12. The van der Waals surface area contributed by atoms with Crippen LogP contribution >= 0.6 is 0 Å². The summed E-state index contributed by atoms with van der Waals surface area (Å²) in [5.74, 6) is 0.523. The Hall–Kier alpha value is -2.93. The molecule has 2 aromatic rings. The van der Waals surface area contributed by atoms with Crippen LogP contribution in [0.5, 0.6) is 5.75 Å².